The Morgan fingerprint density at radius 3 is 2.42 bits per heavy atom. The van der Waals surface area contributed by atoms with E-state index in [2.05, 4.69) is 59.4 Å². The molecule has 4 heterocycles. The molecule has 0 bridgehead atoms. The first kappa shape index (κ1) is 31.5. The zero-order chi connectivity index (χ0) is 30.8. The van der Waals surface area contributed by atoms with E-state index in [4.69, 9.17) is 24.2 Å². The van der Waals surface area contributed by atoms with Crippen molar-refractivity contribution in [3.8, 4) is 28.5 Å². The number of aromatic nitrogens is 5. The van der Waals surface area contributed by atoms with Gasteiger partial charge in [-0.1, -0.05) is 46.2 Å². The smallest absolute Gasteiger partial charge is 0.189 e. The van der Waals surface area contributed by atoms with Gasteiger partial charge < -0.3 is 24.1 Å². The second kappa shape index (κ2) is 13.0. The fourth-order valence-corrected chi connectivity index (χ4v) is 6.55. The Kier molecular flexibility index (Phi) is 9.52. The fourth-order valence-electron chi connectivity index (χ4n) is 5.04. The van der Waals surface area contributed by atoms with Gasteiger partial charge in [0.1, 0.15) is 12.4 Å². The summed E-state index contributed by atoms with van der Waals surface area (Å²) in [5.74, 6) is 0.550. The number of fused-ring (bicyclic) bond motifs is 2. The quantitative estimate of drug-likeness (QED) is 0.0905. The summed E-state index contributed by atoms with van der Waals surface area (Å²) in [5, 5.41) is 11.9. The molecule has 1 aromatic carbocycles. The number of aromatic amines is 1. The molecule has 1 aliphatic heterocycles. The van der Waals surface area contributed by atoms with Gasteiger partial charge in [0.2, 0.25) is 0 Å². The van der Waals surface area contributed by atoms with Crippen LogP contribution in [0.15, 0.2) is 24.3 Å². The third kappa shape index (κ3) is 7.61. The summed E-state index contributed by atoms with van der Waals surface area (Å²) in [6.07, 6.45) is 0.697. The summed E-state index contributed by atoms with van der Waals surface area (Å²) in [6, 6.07) is 9.30. The van der Waals surface area contributed by atoms with E-state index in [0.717, 1.165) is 71.2 Å². The maximum atomic E-state index is 15.2. The molecule has 4 aromatic rings. The normalized spacial score (nSPS) is 13.7. The highest BCUT2D eigenvalue weighted by molar-refractivity contribution is 6.76. The molecule has 0 unspecified atom stereocenters. The van der Waals surface area contributed by atoms with Gasteiger partial charge in [0.05, 0.1) is 17.1 Å². The van der Waals surface area contributed by atoms with E-state index in [1.807, 2.05) is 19.1 Å². The van der Waals surface area contributed by atoms with Gasteiger partial charge in [-0.15, -0.1) is 0 Å². The van der Waals surface area contributed by atoms with Crippen LogP contribution in [-0.4, -0.2) is 60.9 Å². The van der Waals surface area contributed by atoms with Crippen LogP contribution in [0.3, 0.4) is 0 Å². The Labute approximate surface area is 255 Å². The minimum Gasteiger partial charge on any atom is -0.464 e. The van der Waals surface area contributed by atoms with Crippen LogP contribution in [0.2, 0.25) is 51.4 Å². The molecule has 0 radical (unpaired) electrons. The molecule has 43 heavy (non-hydrogen) atoms. The van der Waals surface area contributed by atoms with Gasteiger partial charge in [-0.05, 0) is 48.3 Å². The molecule has 1 aliphatic rings. The van der Waals surface area contributed by atoms with Crippen molar-refractivity contribution in [2.24, 2.45) is 0 Å². The number of hydrogen-bond acceptors (Lipinski definition) is 7. The van der Waals surface area contributed by atoms with Crippen LogP contribution < -0.4 is 10.1 Å². The van der Waals surface area contributed by atoms with Crippen molar-refractivity contribution in [2.45, 2.75) is 84.5 Å². The maximum absolute atomic E-state index is 15.2. The molecule has 5 rings (SSSR count). The SMILES string of the molecule is CCc1cc(OCOCC[Si](C)(C)C)c(F)cc1-c1ccc2c(-c3nc4c(n3COCC[Si](C)(C)C)CNC4)[nH]nc2n1. The summed E-state index contributed by atoms with van der Waals surface area (Å²) in [7, 11) is -2.38. The van der Waals surface area contributed by atoms with E-state index in [1.54, 1.807) is 6.07 Å². The number of hydrogen-bond donors (Lipinski definition) is 2. The molecule has 2 N–H and O–H groups in total. The van der Waals surface area contributed by atoms with Crippen molar-refractivity contribution in [2.75, 3.05) is 20.0 Å². The summed E-state index contributed by atoms with van der Waals surface area (Å²) in [6.45, 7) is 19.3. The number of rotatable bonds is 14. The molecular formula is C31H45FN6O3Si2. The monoisotopic (exact) mass is 624 g/mol. The van der Waals surface area contributed by atoms with E-state index in [-0.39, 0.29) is 12.5 Å². The number of ether oxygens (including phenoxy) is 3. The molecule has 0 aliphatic carbocycles. The summed E-state index contributed by atoms with van der Waals surface area (Å²) in [5.41, 5.74) is 5.85. The van der Waals surface area contributed by atoms with E-state index < -0.39 is 22.0 Å². The number of H-pyrrole nitrogens is 1. The summed E-state index contributed by atoms with van der Waals surface area (Å²) in [4.78, 5) is 9.78. The number of halogens is 1. The predicted molar refractivity (Wildman–Crippen MR) is 174 cm³/mol. The van der Waals surface area contributed by atoms with Crippen molar-refractivity contribution in [3.63, 3.8) is 0 Å². The molecule has 232 valence electrons. The molecular weight excluding hydrogens is 580 g/mol. The van der Waals surface area contributed by atoms with Crippen LogP contribution in [0.4, 0.5) is 4.39 Å². The molecule has 0 fully saturated rings. The molecule has 0 atom stereocenters. The number of nitrogens with zero attached hydrogens (tertiary/aromatic N) is 4. The van der Waals surface area contributed by atoms with Crippen molar-refractivity contribution in [1.29, 1.82) is 0 Å². The van der Waals surface area contributed by atoms with Gasteiger partial charge in [-0.2, -0.15) is 5.10 Å². The lowest BCUT2D eigenvalue weighted by molar-refractivity contribution is 0.0197. The van der Waals surface area contributed by atoms with Gasteiger partial charge in [-0.3, -0.25) is 5.10 Å². The molecule has 0 amide bonds. The molecule has 0 saturated carbocycles. The maximum Gasteiger partial charge on any atom is 0.189 e. The van der Waals surface area contributed by atoms with Gasteiger partial charge in [0.25, 0.3) is 0 Å². The van der Waals surface area contributed by atoms with Crippen molar-refractivity contribution < 1.29 is 18.6 Å². The average molecular weight is 625 g/mol. The van der Waals surface area contributed by atoms with Crippen LogP contribution in [0, 0.1) is 5.82 Å². The lowest BCUT2D eigenvalue weighted by atomic mass is 10.0. The first-order chi connectivity index (χ1) is 20.4. The topological polar surface area (TPSA) is 99.1 Å². The zero-order valence-electron chi connectivity index (χ0n) is 26.6. The van der Waals surface area contributed by atoms with Crippen molar-refractivity contribution in [1.82, 2.24) is 30.0 Å². The second-order valence-corrected chi connectivity index (χ2v) is 24.9. The highest BCUT2D eigenvalue weighted by atomic mass is 28.3. The predicted octanol–water partition coefficient (Wildman–Crippen LogP) is 6.80. The molecule has 0 saturated heterocycles. The number of imidazole rings is 1. The Hall–Kier alpha value is -2.91. The molecule has 12 heteroatoms. The van der Waals surface area contributed by atoms with Gasteiger partial charge in [0, 0.05) is 53.4 Å². The third-order valence-electron chi connectivity index (χ3n) is 7.71. The van der Waals surface area contributed by atoms with Crippen molar-refractivity contribution in [3.05, 3.63) is 47.0 Å². The Bertz CT molecular complexity index is 1570. The van der Waals surface area contributed by atoms with Crippen LogP contribution in [0.5, 0.6) is 5.75 Å². The average Bonchev–Trinajstić information content (AvgIpc) is 3.65. The van der Waals surface area contributed by atoms with E-state index in [0.29, 0.717) is 31.1 Å². The largest absolute Gasteiger partial charge is 0.464 e. The summed E-state index contributed by atoms with van der Waals surface area (Å²) < 4.78 is 34.7. The lowest BCUT2D eigenvalue weighted by Crippen LogP contribution is -2.22. The number of pyridine rings is 1. The number of nitrogens with one attached hydrogen (secondary N) is 2. The molecule has 9 nitrogen and oxygen atoms in total. The number of benzene rings is 1. The van der Waals surface area contributed by atoms with Gasteiger partial charge in [0.15, 0.2) is 29.8 Å². The van der Waals surface area contributed by atoms with E-state index in [9.17, 15) is 0 Å². The van der Waals surface area contributed by atoms with E-state index >= 15 is 4.39 Å². The highest BCUT2D eigenvalue weighted by Crippen LogP contribution is 2.33. The third-order valence-corrected chi connectivity index (χ3v) is 11.1. The zero-order valence-corrected chi connectivity index (χ0v) is 28.6. The first-order valence-electron chi connectivity index (χ1n) is 15.2. The first-order valence-corrected chi connectivity index (χ1v) is 22.6. The Balaban J connectivity index is 1.36. The Morgan fingerprint density at radius 2 is 1.70 bits per heavy atom. The summed E-state index contributed by atoms with van der Waals surface area (Å²) >= 11 is 0. The van der Waals surface area contributed by atoms with Crippen LogP contribution in [0.25, 0.3) is 33.8 Å². The second-order valence-electron chi connectivity index (χ2n) is 13.6. The van der Waals surface area contributed by atoms with Crippen molar-refractivity contribution >= 4 is 27.2 Å². The van der Waals surface area contributed by atoms with Crippen LogP contribution in [0.1, 0.15) is 23.9 Å². The molecule has 3 aromatic heterocycles. The standard InChI is InChI=1S/C31H45FN6O3Si2/c1-8-21-15-28(41-20-40-12-14-43(5,6)7)24(32)16-23(21)25-10-9-22-29(36-37-30(22)34-25)31-35-26-17-33-18-27(26)38(31)19-39-11-13-42(2,3)4/h9-10,15-16,33H,8,11-14,17-20H2,1-7H3,(H,34,36,37). The van der Waals surface area contributed by atoms with Gasteiger partial charge >= 0.3 is 0 Å². The van der Waals surface area contributed by atoms with Gasteiger partial charge in [-0.25, -0.2) is 14.4 Å². The minimum atomic E-state index is -1.19. The Morgan fingerprint density at radius 1 is 0.953 bits per heavy atom. The lowest BCUT2D eigenvalue weighted by Gasteiger charge is -2.17. The fraction of sp³-hybridized carbons (Fsp3) is 0.516. The van der Waals surface area contributed by atoms with E-state index in [1.165, 1.54) is 6.07 Å². The van der Waals surface area contributed by atoms with Crippen LogP contribution in [-0.2, 0) is 35.7 Å². The number of aryl methyl sites for hydroxylation is 1. The minimum absolute atomic E-state index is 0.0305. The highest BCUT2D eigenvalue weighted by Gasteiger charge is 2.25. The molecule has 0 spiro atoms. The van der Waals surface area contributed by atoms with Crippen LogP contribution >= 0.6 is 0 Å².